The van der Waals surface area contributed by atoms with Gasteiger partial charge in [0.25, 0.3) is 0 Å². The lowest BCUT2D eigenvalue weighted by atomic mass is 9.92. The number of likely N-dealkylation sites (N-methyl/N-ethyl adjacent to an activating group) is 1. The van der Waals surface area contributed by atoms with E-state index in [1.165, 1.54) is 25.8 Å². The molecule has 2 rings (SSSR count). The average Bonchev–Trinajstić information content (AvgIpc) is 3.05. The van der Waals surface area contributed by atoms with Crippen molar-refractivity contribution in [3.8, 4) is 0 Å². The van der Waals surface area contributed by atoms with Crippen LogP contribution in [0.3, 0.4) is 0 Å². The Morgan fingerprint density at radius 3 is 2.47 bits per heavy atom. The first-order valence-corrected chi connectivity index (χ1v) is 7.26. The molecule has 2 atom stereocenters. The predicted octanol–water partition coefficient (Wildman–Crippen LogP) is 1.67. The summed E-state index contributed by atoms with van der Waals surface area (Å²) in [6.07, 6.45) is 4.05. The van der Waals surface area contributed by atoms with E-state index >= 15 is 0 Å². The molecule has 1 aliphatic carbocycles. The number of rotatable bonds is 5. The van der Waals surface area contributed by atoms with Crippen molar-refractivity contribution in [3.05, 3.63) is 0 Å². The largest absolute Gasteiger partial charge is 0.329 e. The second-order valence-corrected chi connectivity index (χ2v) is 6.26. The van der Waals surface area contributed by atoms with E-state index in [0.717, 1.165) is 19.1 Å². The maximum Gasteiger partial charge on any atom is 0.0475 e. The minimum absolute atomic E-state index is 0.227. The van der Waals surface area contributed by atoms with Gasteiger partial charge in [0.1, 0.15) is 0 Å². The molecule has 17 heavy (non-hydrogen) atoms. The molecule has 3 heteroatoms. The van der Waals surface area contributed by atoms with Gasteiger partial charge < -0.3 is 5.73 Å². The van der Waals surface area contributed by atoms with E-state index in [2.05, 4.69) is 37.5 Å². The number of nitrogens with two attached hydrogens (primary N) is 1. The Morgan fingerprint density at radius 1 is 1.41 bits per heavy atom. The Hall–Kier alpha value is -0.120. The molecule has 0 bridgehead atoms. The second-order valence-electron chi connectivity index (χ2n) is 6.26. The third-order valence-electron chi connectivity index (χ3n) is 4.69. The minimum atomic E-state index is 0.227. The van der Waals surface area contributed by atoms with Gasteiger partial charge in [0, 0.05) is 36.8 Å². The van der Waals surface area contributed by atoms with Crippen LogP contribution in [-0.2, 0) is 0 Å². The van der Waals surface area contributed by atoms with E-state index in [-0.39, 0.29) is 5.54 Å². The molecular weight excluding hydrogens is 210 g/mol. The smallest absolute Gasteiger partial charge is 0.0475 e. The van der Waals surface area contributed by atoms with Crippen molar-refractivity contribution >= 4 is 0 Å². The van der Waals surface area contributed by atoms with Gasteiger partial charge in [0.15, 0.2) is 0 Å². The Bertz CT molecular complexity index is 262. The lowest BCUT2D eigenvalue weighted by Crippen LogP contribution is -2.58. The number of hydrogen-bond acceptors (Lipinski definition) is 3. The van der Waals surface area contributed by atoms with Gasteiger partial charge in [-0.25, -0.2) is 0 Å². The van der Waals surface area contributed by atoms with Crippen LogP contribution < -0.4 is 5.73 Å². The Balaban J connectivity index is 2.14. The molecule has 0 radical (unpaired) electrons. The Labute approximate surface area is 106 Å². The highest BCUT2D eigenvalue weighted by Gasteiger charge is 2.49. The molecule has 1 heterocycles. The fourth-order valence-electron chi connectivity index (χ4n) is 3.84. The lowest BCUT2D eigenvalue weighted by molar-refractivity contribution is 0.0720. The van der Waals surface area contributed by atoms with Gasteiger partial charge in [-0.2, -0.15) is 0 Å². The molecule has 2 unspecified atom stereocenters. The molecule has 0 aromatic carbocycles. The molecule has 0 aromatic rings. The van der Waals surface area contributed by atoms with Crippen molar-refractivity contribution in [2.45, 2.75) is 70.6 Å². The van der Waals surface area contributed by atoms with Gasteiger partial charge in [0.05, 0.1) is 0 Å². The average molecular weight is 239 g/mol. The monoisotopic (exact) mass is 239 g/mol. The summed E-state index contributed by atoms with van der Waals surface area (Å²) >= 11 is 0. The summed E-state index contributed by atoms with van der Waals surface area (Å²) in [7, 11) is 0. The standard InChI is InChI=1S/C14H29N3/c1-5-17(11(2)3)14(9-15)8-12(4)16(10-14)13-6-7-13/h11-13H,5-10,15H2,1-4H3. The highest BCUT2D eigenvalue weighted by Crippen LogP contribution is 2.39. The minimum Gasteiger partial charge on any atom is -0.329 e. The van der Waals surface area contributed by atoms with Crippen LogP contribution in [0.2, 0.25) is 0 Å². The topological polar surface area (TPSA) is 32.5 Å². The third kappa shape index (κ3) is 2.38. The van der Waals surface area contributed by atoms with E-state index in [9.17, 15) is 0 Å². The molecule has 1 saturated heterocycles. The van der Waals surface area contributed by atoms with Crippen LogP contribution in [0.4, 0.5) is 0 Å². The molecule has 2 fully saturated rings. The van der Waals surface area contributed by atoms with E-state index < -0.39 is 0 Å². The molecule has 1 saturated carbocycles. The normalized spacial score (nSPS) is 35.1. The first-order valence-electron chi connectivity index (χ1n) is 7.26. The number of likely N-dealkylation sites (tertiary alicyclic amines) is 1. The Kier molecular flexibility index (Phi) is 3.81. The third-order valence-corrected chi connectivity index (χ3v) is 4.69. The highest BCUT2D eigenvalue weighted by molar-refractivity contribution is 5.07. The number of hydrogen-bond donors (Lipinski definition) is 1. The van der Waals surface area contributed by atoms with Gasteiger partial charge in [0.2, 0.25) is 0 Å². The second kappa shape index (κ2) is 4.87. The zero-order valence-corrected chi connectivity index (χ0v) is 11.9. The molecule has 0 spiro atoms. The molecular formula is C14H29N3. The zero-order valence-electron chi connectivity index (χ0n) is 11.9. The lowest BCUT2D eigenvalue weighted by Gasteiger charge is -2.43. The van der Waals surface area contributed by atoms with E-state index in [1.54, 1.807) is 0 Å². The van der Waals surface area contributed by atoms with Crippen LogP contribution in [0.25, 0.3) is 0 Å². The molecule has 3 nitrogen and oxygen atoms in total. The molecule has 2 aliphatic rings. The van der Waals surface area contributed by atoms with Crippen molar-refractivity contribution in [1.29, 1.82) is 0 Å². The molecule has 100 valence electrons. The van der Waals surface area contributed by atoms with Gasteiger partial charge in [-0.1, -0.05) is 6.92 Å². The molecule has 0 aromatic heterocycles. The number of nitrogens with zero attached hydrogens (tertiary/aromatic N) is 2. The predicted molar refractivity (Wildman–Crippen MR) is 73.1 cm³/mol. The van der Waals surface area contributed by atoms with Gasteiger partial charge in [-0.3, -0.25) is 9.80 Å². The summed E-state index contributed by atoms with van der Waals surface area (Å²) in [6.45, 7) is 12.3. The summed E-state index contributed by atoms with van der Waals surface area (Å²) < 4.78 is 0. The van der Waals surface area contributed by atoms with Crippen LogP contribution >= 0.6 is 0 Å². The maximum absolute atomic E-state index is 6.16. The van der Waals surface area contributed by atoms with E-state index in [0.29, 0.717) is 12.1 Å². The van der Waals surface area contributed by atoms with Crippen molar-refractivity contribution in [1.82, 2.24) is 9.80 Å². The summed E-state index contributed by atoms with van der Waals surface area (Å²) in [5.74, 6) is 0. The fourth-order valence-corrected chi connectivity index (χ4v) is 3.84. The Morgan fingerprint density at radius 2 is 2.06 bits per heavy atom. The summed E-state index contributed by atoms with van der Waals surface area (Å²) in [5, 5.41) is 0. The fraction of sp³-hybridized carbons (Fsp3) is 1.00. The summed E-state index contributed by atoms with van der Waals surface area (Å²) in [6, 6.07) is 2.16. The van der Waals surface area contributed by atoms with Crippen molar-refractivity contribution < 1.29 is 0 Å². The van der Waals surface area contributed by atoms with Crippen LogP contribution in [-0.4, -0.2) is 53.1 Å². The molecule has 2 N–H and O–H groups in total. The maximum atomic E-state index is 6.16. The SMILES string of the molecule is CCN(C(C)C)C1(CN)CC(C)N(C2CC2)C1. The zero-order chi connectivity index (χ0) is 12.6. The van der Waals surface area contributed by atoms with E-state index in [1.807, 2.05) is 0 Å². The van der Waals surface area contributed by atoms with E-state index in [4.69, 9.17) is 5.73 Å². The molecule has 1 aliphatic heterocycles. The van der Waals surface area contributed by atoms with Crippen LogP contribution in [0, 0.1) is 0 Å². The van der Waals surface area contributed by atoms with Crippen molar-refractivity contribution in [3.63, 3.8) is 0 Å². The van der Waals surface area contributed by atoms with Crippen molar-refractivity contribution in [2.24, 2.45) is 5.73 Å². The van der Waals surface area contributed by atoms with Crippen LogP contribution in [0.5, 0.6) is 0 Å². The highest BCUT2D eigenvalue weighted by atomic mass is 15.3. The van der Waals surface area contributed by atoms with Gasteiger partial charge in [-0.15, -0.1) is 0 Å². The van der Waals surface area contributed by atoms with Crippen LogP contribution in [0.15, 0.2) is 0 Å². The van der Waals surface area contributed by atoms with Gasteiger partial charge >= 0.3 is 0 Å². The quantitative estimate of drug-likeness (QED) is 0.792. The first kappa shape index (κ1) is 13.3. The summed E-state index contributed by atoms with van der Waals surface area (Å²) in [5.41, 5.74) is 6.39. The van der Waals surface area contributed by atoms with Crippen LogP contribution in [0.1, 0.15) is 47.0 Å². The summed E-state index contributed by atoms with van der Waals surface area (Å²) in [4.78, 5) is 5.32. The first-order chi connectivity index (χ1) is 8.04. The van der Waals surface area contributed by atoms with Gasteiger partial charge in [-0.05, 0) is 46.6 Å². The van der Waals surface area contributed by atoms with Crippen molar-refractivity contribution in [2.75, 3.05) is 19.6 Å². The molecule has 0 amide bonds.